The van der Waals surface area contributed by atoms with Gasteiger partial charge in [0.05, 0.1) is 25.7 Å². The molecule has 1 fully saturated rings. The maximum atomic E-state index is 5.84. The summed E-state index contributed by atoms with van der Waals surface area (Å²) in [5, 5.41) is 5.33. The van der Waals surface area contributed by atoms with Gasteiger partial charge in [0, 0.05) is 0 Å². The first-order valence-corrected chi connectivity index (χ1v) is 13.5. The summed E-state index contributed by atoms with van der Waals surface area (Å²) < 4.78 is 24.7. The summed E-state index contributed by atoms with van der Waals surface area (Å²) in [6.45, 7) is 10.0. The molecule has 2 aliphatic rings. The fourth-order valence-electron chi connectivity index (χ4n) is 2.69. The number of rotatable bonds is 5. The molecule has 0 atom stereocenters. The van der Waals surface area contributed by atoms with Crippen molar-refractivity contribution in [2.75, 3.05) is 34.0 Å². The van der Waals surface area contributed by atoms with Crippen molar-refractivity contribution >= 4 is 11.8 Å². The van der Waals surface area contributed by atoms with Crippen LogP contribution in [0, 0.1) is 19.3 Å². The van der Waals surface area contributed by atoms with Gasteiger partial charge >= 0.3 is 119 Å². The minimum Gasteiger partial charge on any atom is -0.510 e. The van der Waals surface area contributed by atoms with E-state index < -0.39 is 0 Å². The Morgan fingerprint density at radius 3 is 2.00 bits per heavy atom. The van der Waals surface area contributed by atoms with Crippen LogP contribution in [0.25, 0.3) is 0 Å². The molecule has 0 aliphatic carbocycles. The molecule has 7 heteroatoms. The smallest absolute Gasteiger partial charge is 0.510 e. The first-order valence-electron chi connectivity index (χ1n) is 10.3. The van der Waals surface area contributed by atoms with Crippen LogP contribution >= 0.6 is 11.8 Å². The van der Waals surface area contributed by atoms with Gasteiger partial charge in [-0.05, 0) is 12.1 Å². The van der Waals surface area contributed by atoms with Crippen LogP contribution < -0.4 is 49.5 Å². The van der Waals surface area contributed by atoms with Crippen molar-refractivity contribution in [1.29, 1.82) is 0 Å². The molecule has 0 saturated carbocycles. The van der Waals surface area contributed by atoms with E-state index in [0.29, 0.717) is 6.10 Å². The standard InChI is InChI=1S/C10H13IO2S.2C8H9O.Li/c1-4-12-5-2-10(1)13-7-9-8-14-6-3-11-9;2*1-7-4-3-5-8(6-7)9-2;/h3,8,10H,1-2,4-5,7H2;2*3-6H,1H2,2H3;/q-2;2*-1;+1. The monoisotopic (exact) mass is 573 g/mol. The van der Waals surface area contributed by atoms with Crippen molar-refractivity contribution in [3.05, 3.63) is 92.0 Å². The van der Waals surface area contributed by atoms with Crippen molar-refractivity contribution < 1.29 is 59.0 Å². The minimum absolute atomic E-state index is 0. The third-order valence-corrected chi connectivity index (χ3v) is 7.93. The topological polar surface area (TPSA) is 36.9 Å². The van der Waals surface area contributed by atoms with Crippen LogP contribution in [0.4, 0.5) is 0 Å². The molecule has 0 unspecified atom stereocenters. The Morgan fingerprint density at radius 1 is 1.00 bits per heavy atom. The molecule has 2 aromatic carbocycles. The van der Waals surface area contributed by atoms with Crippen LogP contribution in [0.5, 0.6) is 11.5 Å². The van der Waals surface area contributed by atoms with Gasteiger partial charge in [-0.3, -0.25) is 0 Å². The van der Waals surface area contributed by atoms with Gasteiger partial charge in [-0.25, -0.2) is 0 Å². The second kappa shape index (κ2) is 18.2. The van der Waals surface area contributed by atoms with Gasteiger partial charge in [0.1, 0.15) is 0 Å². The fraction of sp³-hybridized carbons (Fsp3) is 0.308. The van der Waals surface area contributed by atoms with E-state index >= 15 is 0 Å². The van der Waals surface area contributed by atoms with E-state index in [1.54, 1.807) is 26.0 Å². The maximum Gasteiger partial charge on any atom is 1.00 e. The maximum absolute atomic E-state index is 5.84. The van der Waals surface area contributed by atoms with Crippen LogP contribution in [0.3, 0.4) is 0 Å². The summed E-state index contributed by atoms with van der Waals surface area (Å²) in [6, 6.07) is 15.3. The first kappa shape index (κ1) is 29.9. The van der Waals surface area contributed by atoms with Crippen LogP contribution in [-0.2, 0) is 9.47 Å². The molecule has 2 aromatic rings. The average Bonchev–Trinajstić information content (AvgIpc) is 2.85. The van der Waals surface area contributed by atoms with Crippen molar-refractivity contribution in [2.45, 2.75) is 18.9 Å². The van der Waals surface area contributed by atoms with E-state index in [9.17, 15) is 0 Å². The SMILES string of the molecule is [C-]1=C[I-]C(COC2CCOCC2)=CS1.[CH2-]c1cccc(OC)c1.[CH2-]c1cccc(OC)c1.[Li+]. The molecule has 1 saturated heterocycles. The Kier molecular flexibility index (Phi) is 16.5. The van der Waals surface area contributed by atoms with E-state index in [0.717, 1.165) is 55.3 Å². The summed E-state index contributed by atoms with van der Waals surface area (Å²) in [7, 11) is 3.30. The van der Waals surface area contributed by atoms with Crippen LogP contribution in [0.2, 0.25) is 0 Å². The van der Waals surface area contributed by atoms with Crippen molar-refractivity contribution in [3.63, 3.8) is 0 Å². The Labute approximate surface area is 225 Å². The average molecular weight is 573 g/mol. The van der Waals surface area contributed by atoms with Crippen LogP contribution in [0.1, 0.15) is 24.0 Å². The normalized spacial score (nSPS) is 15.2. The largest absolute Gasteiger partial charge is 1.00 e. The van der Waals surface area contributed by atoms with E-state index in [1.165, 1.54) is 3.58 Å². The van der Waals surface area contributed by atoms with Gasteiger partial charge in [-0.1, -0.05) is 0 Å². The zero-order valence-electron chi connectivity index (χ0n) is 19.7. The third kappa shape index (κ3) is 13.4. The molecule has 33 heavy (non-hydrogen) atoms. The molecule has 0 amide bonds. The number of halogens is 1. The fourth-order valence-corrected chi connectivity index (χ4v) is 5.51. The Morgan fingerprint density at radius 2 is 1.58 bits per heavy atom. The molecule has 4 rings (SSSR count). The summed E-state index contributed by atoms with van der Waals surface area (Å²) >= 11 is 1.71. The zero-order chi connectivity index (χ0) is 23.0. The molecular formula is C26H31ILiO4S-3. The van der Waals surface area contributed by atoms with Crippen molar-refractivity contribution in [1.82, 2.24) is 0 Å². The third-order valence-electron chi connectivity index (χ3n) is 4.39. The second-order valence-corrected chi connectivity index (χ2v) is 10.2. The number of ether oxygens (including phenoxy) is 4. The van der Waals surface area contributed by atoms with E-state index in [4.69, 9.17) is 18.9 Å². The zero-order valence-corrected chi connectivity index (χ0v) is 22.7. The van der Waals surface area contributed by atoms with Gasteiger partial charge < -0.3 is 9.47 Å². The van der Waals surface area contributed by atoms with Gasteiger partial charge in [-0.2, -0.15) is 37.1 Å². The van der Waals surface area contributed by atoms with Gasteiger partial charge in [-0.15, -0.1) is 24.3 Å². The summed E-state index contributed by atoms with van der Waals surface area (Å²) in [5.41, 5.74) is 1.96. The number of hydrogen-bond donors (Lipinski definition) is 0. The number of thioether (sulfide) groups is 1. The molecule has 4 nitrogen and oxygen atoms in total. The molecule has 0 bridgehead atoms. The Bertz CT molecular complexity index is 808. The molecular weight excluding hydrogens is 542 g/mol. The predicted molar refractivity (Wildman–Crippen MR) is 128 cm³/mol. The van der Waals surface area contributed by atoms with Crippen LogP contribution in [0.15, 0.2) is 61.6 Å². The number of hydrogen-bond acceptors (Lipinski definition) is 5. The molecule has 0 radical (unpaired) electrons. The van der Waals surface area contributed by atoms with Gasteiger partial charge in [0.25, 0.3) is 0 Å². The molecule has 2 heterocycles. The summed E-state index contributed by atoms with van der Waals surface area (Å²) in [4.78, 5) is 0. The number of benzene rings is 2. The Balaban J connectivity index is 0.000000254. The number of methoxy groups -OCH3 is 2. The molecule has 0 aromatic heterocycles. The van der Waals surface area contributed by atoms with E-state index in [1.807, 2.05) is 48.5 Å². The molecule has 176 valence electrons. The summed E-state index contributed by atoms with van der Waals surface area (Å²) in [5.74, 6) is 1.73. The van der Waals surface area contributed by atoms with Gasteiger partial charge in [0.2, 0.25) is 0 Å². The van der Waals surface area contributed by atoms with Gasteiger partial charge in [0.15, 0.2) is 0 Å². The minimum atomic E-state index is 0. The van der Waals surface area contributed by atoms with E-state index in [2.05, 4.69) is 28.7 Å². The quantitative estimate of drug-likeness (QED) is 0.284. The van der Waals surface area contributed by atoms with Crippen molar-refractivity contribution in [3.8, 4) is 11.5 Å². The second-order valence-electron chi connectivity index (χ2n) is 6.84. The molecule has 0 spiro atoms. The molecule has 0 N–H and O–H groups in total. The summed E-state index contributed by atoms with van der Waals surface area (Å²) in [6.07, 6.45) is 2.54. The first-order chi connectivity index (χ1) is 15.6. The van der Waals surface area contributed by atoms with Crippen LogP contribution in [-0.4, -0.2) is 40.1 Å². The Hall–Kier alpha value is -1.14. The van der Waals surface area contributed by atoms with Crippen molar-refractivity contribution in [2.24, 2.45) is 0 Å². The van der Waals surface area contributed by atoms with E-state index in [-0.39, 0.29) is 40.1 Å². The predicted octanol–water partition coefficient (Wildman–Crippen LogP) is -0.108. The molecule has 2 aliphatic heterocycles.